The highest BCUT2D eigenvalue weighted by molar-refractivity contribution is 6.76. The summed E-state index contributed by atoms with van der Waals surface area (Å²) >= 11 is 0. The van der Waals surface area contributed by atoms with Gasteiger partial charge in [-0.15, -0.1) is 10.2 Å². The number of nitro groups is 1. The molecule has 1 saturated heterocycles. The predicted molar refractivity (Wildman–Crippen MR) is 121 cm³/mol. The second kappa shape index (κ2) is 9.05. The molecule has 2 heterocycles. The Hall–Kier alpha value is -2.30. The van der Waals surface area contributed by atoms with Crippen LogP contribution in [-0.2, 0) is 16.2 Å². The zero-order valence-electron chi connectivity index (χ0n) is 18.5. The maximum atomic E-state index is 11.7. The van der Waals surface area contributed by atoms with Crippen molar-refractivity contribution in [3.8, 4) is 11.4 Å². The fourth-order valence-electron chi connectivity index (χ4n) is 3.47. The molecule has 0 bridgehead atoms. The van der Waals surface area contributed by atoms with Crippen LogP contribution in [0.25, 0.3) is 11.4 Å². The van der Waals surface area contributed by atoms with Gasteiger partial charge in [0.15, 0.2) is 5.82 Å². The molecule has 2 aromatic rings. The molecule has 1 unspecified atom stereocenters. The monoisotopic (exact) mass is 445 g/mol. The molecule has 10 heteroatoms. The maximum absolute atomic E-state index is 11.7. The van der Waals surface area contributed by atoms with Crippen molar-refractivity contribution in [1.29, 1.82) is 0 Å². The van der Waals surface area contributed by atoms with E-state index in [1.54, 1.807) is 12.1 Å². The third-order valence-electron chi connectivity index (χ3n) is 5.70. The van der Waals surface area contributed by atoms with Crippen LogP contribution in [-0.4, -0.2) is 53.6 Å². The van der Waals surface area contributed by atoms with Gasteiger partial charge in [0, 0.05) is 45.4 Å². The van der Waals surface area contributed by atoms with Gasteiger partial charge in [0.05, 0.1) is 11.0 Å². The largest absolute Gasteiger partial charge is 0.377 e. The summed E-state index contributed by atoms with van der Waals surface area (Å²) in [6, 6.07) is 6.26. The van der Waals surface area contributed by atoms with Gasteiger partial charge in [-0.1, -0.05) is 19.6 Å². The maximum Gasteiger partial charge on any atom is 0.293 e. The summed E-state index contributed by atoms with van der Waals surface area (Å²) in [7, 11) is -1.18. The lowest BCUT2D eigenvalue weighted by Gasteiger charge is -2.26. The normalized spacial score (nSPS) is 18.6. The van der Waals surface area contributed by atoms with Crippen LogP contribution in [0.1, 0.15) is 31.0 Å². The molecule has 1 N–H and O–H groups in total. The van der Waals surface area contributed by atoms with E-state index in [1.807, 2.05) is 10.6 Å². The van der Waals surface area contributed by atoms with E-state index >= 15 is 0 Å². The third kappa shape index (κ3) is 5.49. The molecule has 168 valence electrons. The number of nitrogens with one attached hydrogen (secondary N) is 1. The summed E-state index contributed by atoms with van der Waals surface area (Å²) in [5.41, 5.74) is 1.19. The minimum absolute atomic E-state index is 0.0268. The first kappa shape index (κ1) is 21.9. The average molecular weight is 446 g/mol. The van der Waals surface area contributed by atoms with Gasteiger partial charge < -0.3 is 14.8 Å². The van der Waals surface area contributed by atoms with Gasteiger partial charge in [0.1, 0.15) is 18.2 Å². The molecule has 1 aromatic heterocycles. The molecular weight excluding hydrogens is 414 g/mol. The topological polar surface area (TPSA) is 104 Å². The molecule has 2 fully saturated rings. The minimum Gasteiger partial charge on any atom is -0.377 e. The number of anilines is 1. The molecule has 1 atom stereocenters. The Morgan fingerprint density at radius 3 is 2.68 bits per heavy atom. The fourth-order valence-corrected chi connectivity index (χ4v) is 4.23. The van der Waals surface area contributed by atoms with E-state index in [4.69, 9.17) is 9.47 Å². The summed E-state index contributed by atoms with van der Waals surface area (Å²) in [5, 5.41) is 23.6. The Morgan fingerprint density at radius 1 is 1.29 bits per heavy atom. The van der Waals surface area contributed by atoms with E-state index in [0.29, 0.717) is 42.9 Å². The predicted octanol–water partition coefficient (Wildman–Crippen LogP) is 4.24. The minimum atomic E-state index is -1.18. The molecular formula is C21H31N5O4Si. The second-order valence-corrected chi connectivity index (χ2v) is 15.2. The highest BCUT2D eigenvalue weighted by Gasteiger charge is 2.31. The van der Waals surface area contributed by atoms with E-state index in [2.05, 4.69) is 35.2 Å². The van der Waals surface area contributed by atoms with Gasteiger partial charge in [0.25, 0.3) is 5.69 Å². The molecule has 0 radical (unpaired) electrons. The van der Waals surface area contributed by atoms with Crippen molar-refractivity contribution in [2.45, 2.75) is 63.7 Å². The van der Waals surface area contributed by atoms with Crippen molar-refractivity contribution >= 4 is 19.4 Å². The summed E-state index contributed by atoms with van der Waals surface area (Å²) < 4.78 is 13.4. The zero-order valence-corrected chi connectivity index (χ0v) is 19.5. The number of nitro benzene ring substituents is 1. The molecule has 1 aliphatic carbocycles. The van der Waals surface area contributed by atoms with Crippen molar-refractivity contribution in [3.05, 3.63) is 34.1 Å². The number of nitrogens with zero attached hydrogens (tertiary/aromatic N) is 4. The number of benzene rings is 1. The second-order valence-electron chi connectivity index (χ2n) is 9.58. The lowest BCUT2D eigenvalue weighted by molar-refractivity contribution is -0.383. The quantitative estimate of drug-likeness (QED) is 0.239. The standard InChI is InChI=1S/C21H31N5O4Si/c1-31(2,3)11-10-29-14-25-20(15-4-5-15)23-24-21(25)16-6-7-18(19(12-16)26(27)28)22-13-17-8-9-30-17/h6-7,12,15,17,22H,4-5,8-11,13-14H2,1-3H3. The molecule has 9 nitrogen and oxygen atoms in total. The van der Waals surface area contributed by atoms with E-state index in [-0.39, 0.29) is 16.7 Å². The molecule has 0 amide bonds. The van der Waals surface area contributed by atoms with Crippen molar-refractivity contribution < 1.29 is 14.4 Å². The summed E-state index contributed by atoms with van der Waals surface area (Å²) in [6.07, 6.45) is 3.29. The van der Waals surface area contributed by atoms with Crippen LogP contribution in [0.3, 0.4) is 0 Å². The Morgan fingerprint density at radius 2 is 2.06 bits per heavy atom. The Bertz CT molecular complexity index is 934. The van der Waals surface area contributed by atoms with E-state index in [0.717, 1.165) is 37.7 Å². The average Bonchev–Trinajstić information content (AvgIpc) is 3.43. The van der Waals surface area contributed by atoms with Crippen LogP contribution in [0.5, 0.6) is 0 Å². The number of ether oxygens (including phenoxy) is 2. The van der Waals surface area contributed by atoms with Gasteiger partial charge in [0.2, 0.25) is 0 Å². The molecule has 4 rings (SSSR count). The molecule has 2 aliphatic rings. The van der Waals surface area contributed by atoms with Crippen molar-refractivity contribution in [2.24, 2.45) is 0 Å². The fraction of sp³-hybridized carbons (Fsp3) is 0.619. The number of aromatic nitrogens is 3. The highest BCUT2D eigenvalue weighted by Crippen LogP contribution is 2.40. The summed E-state index contributed by atoms with van der Waals surface area (Å²) in [4.78, 5) is 11.4. The molecule has 1 saturated carbocycles. The zero-order chi connectivity index (χ0) is 22.0. The van der Waals surface area contributed by atoms with Gasteiger partial charge in [-0.05, 0) is 37.4 Å². The molecule has 0 spiro atoms. The highest BCUT2D eigenvalue weighted by atomic mass is 28.3. The van der Waals surface area contributed by atoms with Crippen molar-refractivity contribution in [1.82, 2.24) is 14.8 Å². The SMILES string of the molecule is C[Si](C)(C)CCOCn1c(-c2ccc(NCC3CCO3)c([N+](=O)[O-])c2)nnc1C1CC1. The van der Waals surface area contributed by atoms with Crippen LogP contribution in [0.2, 0.25) is 25.7 Å². The Labute approximate surface area is 183 Å². The van der Waals surface area contributed by atoms with Crippen LogP contribution in [0, 0.1) is 10.1 Å². The van der Waals surface area contributed by atoms with E-state index in [1.165, 1.54) is 0 Å². The first-order valence-corrected chi connectivity index (χ1v) is 14.7. The van der Waals surface area contributed by atoms with Gasteiger partial charge >= 0.3 is 0 Å². The van der Waals surface area contributed by atoms with Gasteiger partial charge in [-0.3, -0.25) is 14.7 Å². The summed E-state index contributed by atoms with van der Waals surface area (Å²) in [5.74, 6) is 1.93. The Kier molecular flexibility index (Phi) is 6.40. The van der Waals surface area contributed by atoms with Crippen LogP contribution < -0.4 is 5.32 Å². The smallest absolute Gasteiger partial charge is 0.293 e. The number of rotatable bonds is 11. The molecule has 31 heavy (non-hydrogen) atoms. The summed E-state index contributed by atoms with van der Waals surface area (Å²) in [6.45, 7) is 9.35. The first-order valence-electron chi connectivity index (χ1n) is 11.0. The van der Waals surface area contributed by atoms with Crippen LogP contribution in [0.4, 0.5) is 11.4 Å². The van der Waals surface area contributed by atoms with Crippen molar-refractivity contribution in [2.75, 3.05) is 25.1 Å². The van der Waals surface area contributed by atoms with Gasteiger partial charge in [-0.25, -0.2) is 0 Å². The molecule has 1 aromatic carbocycles. The number of hydrogen-bond acceptors (Lipinski definition) is 7. The van der Waals surface area contributed by atoms with Gasteiger partial charge in [-0.2, -0.15) is 0 Å². The number of hydrogen-bond donors (Lipinski definition) is 1. The lowest BCUT2D eigenvalue weighted by atomic mass is 10.1. The van der Waals surface area contributed by atoms with Crippen LogP contribution in [0.15, 0.2) is 18.2 Å². The van der Waals surface area contributed by atoms with Crippen LogP contribution >= 0.6 is 0 Å². The van der Waals surface area contributed by atoms with E-state index < -0.39 is 8.07 Å². The van der Waals surface area contributed by atoms with E-state index in [9.17, 15) is 10.1 Å². The third-order valence-corrected chi connectivity index (χ3v) is 7.41. The first-order chi connectivity index (χ1) is 14.8. The van der Waals surface area contributed by atoms with Crippen molar-refractivity contribution in [3.63, 3.8) is 0 Å². The molecule has 1 aliphatic heterocycles. The lowest BCUT2D eigenvalue weighted by Crippen LogP contribution is -2.33. The Balaban J connectivity index is 1.54.